The number of imidazole rings is 1. The highest BCUT2D eigenvalue weighted by Crippen LogP contribution is 2.25. The van der Waals surface area contributed by atoms with Gasteiger partial charge in [0, 0.05) is 18.8 Å². The van der Waals surface area contributed by atoms with E-state index in [1.807, 2.05) is 11.9 Å². The van der Waals surface area contributed by atoms with E-state index >= 15 is 0 Å². The van der Waals surface area contributed by atoms with E-state index in [2.05, 4.69) is 51.6 Å². The van der Waals surface area contributed by atoms with Crippen LogP contribution in [0.15, 0.2) is 12.1 Å². The fourth-order valence-electron chi connectivity index (χ4n) is 3.47. The number of carbonyl (C=O) groups excluding carboxylic acids is 1. The zero-order chi connectivity index (χ0) is 18.3. The monoisotopic (exact) mass is 352 g/mol. The van der Waals surface area contributed by atoms with E-state index in [4.69, 9.17) is 0 Å². The van der Waals surface area contributed by atoms with Crippen LogP contribution in [0.4, 0.5) is 0 Å². The molecule has 1 saturated heterocycles. The lowest BCUT2D eigenvalue weighted by Crippen LogP contribution is -2.45. The highest BCUT2D eigenvalue weighted by atomic mass is 16.2. The van der Waals surface area contributed by atoms with Gasteiger partial charge in [-0.2, -0.15) is 5.10 Å². The summed E-state index contributed by atoms with van der Waals surface area (Å²) >= 11 is 0. The number of hydrogen-bond donors (Lipinski definition) is 3. The molecule has 26 heavy (non-hydrogen) atoms. The summed E-state index contributed by atoms with van der Waals surface area (Å²) in [6.07, 6.45) is 3.44. The molecule has 1 aliphatic rings. The molecule has 1 amide bonds. The highest BCUT2D eigenvalue weighted by Gasteiger charge is 2.24. The molecule has 0 saturated carbocycles. The second-order valence-corrected chi connectivity index (χ2v) is 7.10. The van der Waals surface area contributed by atoms with Gasteiger partial charge >= 0.3 is 0 Å². The van der Waals surface area contributed by atoms with Gasteiger partial charge in [0.05, 0.1) is 16.6 Å². The summed E-state index contributed by atoms with van der Waals surface area (Å²) in [6, 6.07) is 4.13. The van der Waals surface area contributed by atoms with Crippen molar-refractivity contribution in [2.24, 2.45) is 0 Å². The number of hydrogen-bond acceptors (Lipinski definition) is 4. The number of nitrogens with one attached hydrogen (secondary N) is 3. The minimum atomic E-state index is -0.138. The van der Waals surface area contributed by atoms with E-state index in [0.29, 0.717) is 17.1 Å². The Bertz CT molecular complexity index is 925. The number of aromatic amines is 2. The van der Waals surface area contributed by atoms with Gasteiger partial charge in [-0.3, -0.25) is 15.3 Å². The van der Waals surface area contributed by atoms with Crippen molar-refractivity contribution in [2.45, 2.75) is 40.0 Å². The largest absolute Gasteiger partial charge is 0.337 e. The second kappa shape index (κ2) is 6.57. The van der Waals surface area contributed by atoms with E-state index in [1.165, 1.54) is 17.5 Å². The van der Waals surface area contributed by atoms with Crippen molar-refractivity contribution >= 4 is 16.9 Å². The minimum Gasteiger partial charge on any atom is -0.337 e. The standard InChI is InChI=1S/C19H24N6O/c1-11-9-14-15(10-12(11)2)21-18(20-14)17-16(13(3)22-23-17)19(26)24-25-7-5-4-6-8-25/h9-10H,4-8H2,1-3H3,(H,20,21)(H,22,23)(H,24,26). The molecule has 0 aliphatic carbocycles. The Hall–Kier alpha value is -2.67. The third kappa shape index (κ3) is 2.99. The smallest absolute Gasteiger partial charge is 0.269 e. The molecule has 4 rings (SSSR count). The number of piperidine rings is 1. The van der Waals surface area contributed by atoms with Gasteiger partial charge in [-0.05, 0) is 56.9 Å². The summed E-state index contributed by atoms with van der Waals surface area (Å²) in [5.74, 6) is 0.471. The van der Waals surface area contributed by atoms with Crippen LogP contribution in [0.3, 0.4) is 0 Å². The molecular formula is C19H24N6O. The SMILES string of the molecule is Cc1cc2nc(-c3n[nH]c(C)c3C(=O)NN3CCCCC3)[nH]c2cc1C. The first kappa shape index (κ1) is 16.8. The van der Waals surface area contributed by atoms with E-state index in [0.717, 1.165) is 42.7 Å². The Morgan fingerprint density at radius 3 is 2.62 bits per heavy atom. The van der Waals surface area contributed by atoms with Gasteiger partial charge in [0.2, 0.25) is 0 Å². The number of H-pyrrole nitrogens is 2. The third-order valence-electron chi connectivity index (χ3n) is 5.11. The molecule has 1 fully saturated rings. The number of rotatable bonds is 3. The molecule has 7 heteroatoms. The van der Waals surface area contributed by atoms with Crippen LogP contribution in [0.1, 0.15) is 46.4 Å². The van der Waals surface area contributed by atoms with E-state index < -0.39 is 0 Å². The molecule has 7 nitrogen and oxygen atoms in total. The summed E-state index contributed by atoms with van der Waals surface area (Å²) < 4.78 is 0. The number of nitrogens with zero attached hydrogens (tertiary/aromatic N) is 3. The number of carbonyl (C=O) groups is 1. The van der Waals surface area contributed by atoms with Crippen LogP contribution in [0.25, 0.3) is 22.6 Å². The molecule has 136 valence electrons. The number of benzene rings is 1. The Labute approximate surface area is 152 Å². The molecule has 3 heterocycles. The number of aromatic nitrogens is 4. The topological polar surface area (TPSA) is 89.7 Å². The number of fused-ring (bicyclic) bond motifs is 1. The predicted octanol–water partition coefficient (Wildman–Crippen LogP) is 3.01. The molecule has 3 aromatic rings. The molecule has 1 aromatic carbocycles. The first-order chi connectivity index (χ1) is 12.5. The van der Waals surface area contributed by atoms with E-state index in [9.17, 15) is 4.79 Å². The summed E-state index contributed by atoms with van der Waals surface area (Å²) in [5.41, 5.74) is 9.08. The van der Waals surface area contributed by atoms with Crippen LogP contribution >= 0.6 is 0 Å². The zero-order valence-electron chi connectivity index (χ0n) is 15.4. The fraction of sp³-hybridized carbons (Fsp3) is 0.421. The van der Waals surface area contributed by atoms with Crippen molar-refractivity contribution in [2.75, 3.05) is 13.1 Å². The lowest BCUT2D eigenvalue weighted by Gasteiger charge is -2.26. The van der Waals surface area contributed by atoms with Crippen molar-refractivity contribution in [1.29, 1.82) is 0 Å². The lowest BCUT2D eigenvalue weighted by molar-refractivity contribution is 0.0750. The average Bonchev–Trinajstić information content (AvgIpc) is 3.19. The maximum absolute atomic E-state index is 12.9. The summed E-state index contributed by atoms with van der Waals surface area (Å²) in [6.45, 7) is 7.78. The van der Waals surface area contributed by atoms with Gasteiger partial charge in [-0.1, -0.05) is 6.42 Å². The van der Waals surface area contributed by atoms with Gasteiger partial charge in [-0.15, -0.1) is 0 Å². The zero-order valence-corrected chi connectivity index (χ0v) is 15.4. The van der Waals surface area contributed by atoms with Crippen molar-refractivity contribution in [3.05, 3.63) is 34.5 Å². The number of amides is 1. The normalized spacial score (nSPS) is 15.5. The Kier molecular flexibility index (Phi) is 4.24. The second-order valence-electron chi connectivity index (χ2n) is 7.10. The summed E-state index contributed by atoms with van der Waals surface area (Å²) in [5, 5.41) is 9.27. The maximum Gasteiger partial charge on any atom is 0.269 e. The molecule has 0 spiro atoms. The molecular weight excluding hydrogens is 328 g/mol. The van der Waals surface area contributed by atoms with Crippen LogP contribution in [0, 0.1) is 20.8 Å². The van der Waals surface area contributed by atoms with Gasteiger partial charge in [0.25, 0.3) is 5.91 Å². The predicted molar refractivity (Wildman–Crippen MR) is 101 cm³/mol. The van der Waals surface area contributed by atoms with Crippen LogP contribution < -0.4 is 5.43 Å². The molecule has 0 bridgehead atoms. The number of hydrazine groups is 1. The fourth-order valence-corrected chi connectivity index (χ4v) is 3.47. The molecule has 0 unspecified atom stereocenters. The highest BCUT2D eigenvalue weighted by molar-refractivity contribution is 6.00. The third-order valence-corrected chi connectivity index (χ3v) is 5.11. The quantitative estimate of drug-likeness (QED) is 0.676. The Balaban J connectivity index is 1.68. The molecule has 2 aromatic heterocycles. The molecule has 0 atom stereocenters. The van der Waals surface area contributed by atoms with Crippen molar-refractivity contribution in [3.63, 3.8) is 0 Å². The maximum atomic E-state index is 12.9. The van der Waals surface area contributed by atoms with Crippen molar-refractivity contribution in [1.82, 2.24) is 30.6 Å². The summed E-state index contributed by atoms with van der Waals surface area (Å²) in [7, 11) is 0. The van der Waals surface area contributed by atoms with Crippen molar-refractivity contribution < 1.29 is 4.79 Å². The van der Waals surface area contributed by atoms with Gasteiger partial charge < -0.3 is 4.98 Å². The van der Waals surface area contributed by atoms with Crippen LogP contribution in [-0.2, 0) is 0 Å². The van der Waals surface area contributed by atoms with Crippen LogP contribution in [0.5, 0.6) is 0 Å². The molecule has 0 radical (unpaired) electrons. The van der Waals surface area contributed by atoms with Crippen molar-refractivity contribution in [3.8, 4) is 11.5 Å². The van der Waals surface area contributed by atoms with E-state index in [1.54, 1.807) is 0 Å². The average molecular weight is 352 g/mol. The Morgan fingerprint density at radius 1 is 1.12 bits per heavy atom. The minimum absolute atomic E-state index is 0.138. The summed E-state index contributed by atoms with van der Waals surface area (Å²) in [4.78, 5) is 20.8. The number of aryl methyl sites for hydroxylation is 3. The first-order valence-electron chi connectivity index (χ1n) is 9.11. The van der Waals surface area contributed by atoms with Gasteiger partial charge in [0.1, 0.15) is 5.69 Å². The molecule has 1 aliphatic heterocycles. The Morgan fingerprint density at radius 2 is 1.85 bits per heavy atom. The van der Waals surface area contributed by atoms with Crippen LogP contribution in [0.2, 0.25) is 0 Å². The lowest BCUT2D eigenvalue weighted by atomic mass is 10.1. The first-order valence-corrected chi connectivity index (χ1v) is 9.11. The van der Waals surface area contributed by atoms with Gasteiger partial charge in [-0.25, -0.2) is 9.99 Å². The molecule has 3 N–H and O–H groups in total. The van der Waals surface area contributed by atoms with Crippen LogP contribution in [-0.4, -0.2) is 44.2 Å². The van der Waals surface area contributed by atoms with Gasteiger partial charge in [0.15, 0.2) is 5.82 Å². The van der Waals surface area contributed by atoms with E-state index in [-0.39, 0.29) is 5.91 Å².